The number of nitrogens with zero attached hydrogens (tertiary/aromatic N) is 4. The highest BCUT2D eigenvalue weighted by molar-refractivity contribution is 7.89. The minimum Gasteiger partial charge on any atom is -0.361 e. The van der Waals surface area contributed by atoms with Gasteiger partial charge in [0, 0.05) is 51.0 Å². The van der Waals surface area contributed by atoms with E-state index in [1.807, 2.05) is 4.90 Å². The van der Waals surface area contributed by atoms with Crippen LogP contribution >= 0.6 is 0 Å². The first kappa shape index (κ1) is 23.2. The molecule has 0 aliphatic carbocycles. The zero-order valence-electron chi connectivity index (χ0n) is 19.2. The van der Waals surface area contributed by atoms with Crippen molar-refractivity contribution in [1.82, 2.24) is 19.6 Å². The molecule has 1 aromatic heterocycles. The molecule has 1 aromatic carbocycles. The summed E-state index contributed by atoms with van der Waals surface area (Å²) < 4.78 is 28.1. The van der Waals surface area contributed by atoms with E-state index in [1.165, 1.54) is 18.5 Å². The molecule has 2 aromatic rings. The molecule has 12 heteroatoms. The molecule has 11 nitrogen and oxygen atoms in total. The molecular weight excluding hydrogens is 470 g/mol. The molecule has 35 heavy (non-hydrogen) atoms. The van der Waals surface area contributed by atoms with Gasteiger partial charge in [-0.05, 0) is 31.0 Å². The van der Waals surface area contributed by atoms with Gasteiger partial charge in [-0.2, -0.15) is 0 Å². The summed E-state index contributed by atoms with van der Waals surface area (Å²) >= 11 is 0. The number of carbonyl (C=O) groups is 2. The van der Waals surface area contributed by atoms with Gasteiger partial charge < -0.3 is 20.4 Å². The summed E-state index contributed by atoms with van der Waals surface area (Å²) in [6.45, 7) is 2.66. The first-order valence-electron chi connectivity index (χ1n) is 11.7. The van der Waals surface area contributed by atoms with Crippen LogP contribution in [-0.4, -0.2) is 67.8 Å². The van der Waals surface area contributed by atoms with E-state index < -0.39 is 10.0 Å². The Morgan fingerprint density at radius 2 is 1.74 bits per heavy atom. The lowest BCUT2D eigenvalue weighted by Gasteiger charge is -2.36. The molecule has 184 valence electrons. The Balaban J connectivity index is 1.50. The molecule has 4 aliphatic heterocycles. The second kappa shape index (κ2) is 9.62. The average Bonchev–Trinajstić information content (AvgIpc) is 3.19. The molecule has 3 N–H and O–H groups in total. The first-order chi connectivity index (χ1) is 16.9. The van der Waals surface area contributed by atoms with Gasteiger partial charge in [-0.1, -0.05) is 12.5 Å². The van der Waals surface area contributed by atoms with Crippen molar-refractivity contribution in [3.8, 4) is 0 Å². The van der Waals surface area contributed by atoms with Gasteiger partial charge in [-0.3, -0.25) is 9.59 Å². The molecule has 1 fully saturated rings. The smallest absolute Gasteiger partial charge is 0.259 e. The van der Waals surface area contributed by atoms with Crippen LogP contribution in [0.3, 0.4) is 0 Å². The van der Waals surface area contributed by atoms with Crippen molar-refractivity contribution in [2.24, 2.45) is 0 Å². The Hall–Kier alpha value is -3.51. The van der Waals surface area contributed by atoms with E-state index in [1.54, 1.807) is 18.3 Å². The van der Waals surface area contributed by atoms with Gasteiger partial charge in [0.25, 0.3) is 5.91 Å². The van der Waals surface area contributed by atoms with Crippen LogP contribution in [0.5, 0.6) is 0 Å². The van der Waals surface area contributed by atoms with E-state index in [9.17, 15) is 18.0 Å². The normalized spacial score (nSPS) is 22.0. The maximum atomic E-state index is 12.8. The van der Waals surface area contributed by atoms with Gasteiger partial charge in [0.05, 0.1) is 16.0 Å². The van der Waals surface area contributed by atoms with Crippen LogP contribution in [0.1, 0.15) is 31.2 Å². The summed E-state index contributed by atoms with van der Waals surface area (Å²) in [6.07, 6.45) is 5.53. The standard InChI is InChI=1S/C23H27N7O4S/c31-19-7-2-1-3-8-27-35(33,34)17-6-4-5-16(13-17)24-14-18-20-21(28-23(18)32)25-15-26-22(20)30-11-9-29(19)10-12-30/h4-6,13-15,24,27H,1-3,7-12H2,(H,25,26,28,32)/b18-14-. The largest absolute Gasteiger partial charge is 0.361 e. The maximum absolute atomic E-state index is 12.8. The highest BCUT2D eigenvalue weighted by Crippen LogP contribution is 2.36. The number of fused-ring (bicyclic) bond motifs is 10. The van der Waals surface area contributed by atoms with Gasteiger partial charge >= 0.3 is 0 Å². The average molecular weight is 498 g/mol. The second-order valence-electron chi connectivity index (χ2n) is 8.68. The SMILES string of the molecule is O=C1Nc2ncnc3c2/C1=C/Nc1cccc(c1)S(=O)(=O)NCCCCCC(=O)N1CCN3CC1. The van der Waals surface area contributed by atoms with E-state index in [-0.39, 0.29) is 16.7 Å². The number of aromatic nitrogens is 2. The molecule has 0 spiro atoms. The first-order valence-corrected chi connectivity index (χ1v) is 13.2. The van der Waals surface area contributed by atoms with Crippen LogP contribution in [0.4, 0.5) is 17.3 Å². The van der Waals surface area contributed by atoms with Crippen molar-refractivity contribution in [3.05, 3.63) is 42.4 Å². The molecule has 0 saturated carbocycles. The number of hydrogen-bond donors (Lipinski definition) is 3. The van der Waals surface area contributed by atoms with Crippen molar-refractivity contribution in [1.29, 1.82) is 0 Å². The summed E-state index contributed by atoms with van der Waals surface area (Å²) in [7, 11) is -3.69. The number of anilines is 3. The molecule has 5 heterocycles. The topological polar surface area (TPSA) is 137 Å². The third-order valence-electron chi connectivity index (χ3n) is 6.39. The van der Waals surface area contributed by atoms with E-state index in [0.717, 1.165) is 6.42 Å². The Labute approximate surface area is 203 Å². The molecule has 0 radical (unpaired) electrons. The zero-order valence-corrected chi connectivity index (χ0v) is 20.0. The molecule has 0 unspecified atom stereocenters. The van der Waals surface area contributed by atoms with Crippen molar-refractivity contribution in [2.45, 2.75) is 30.6 Å². The highest BCUT2D eigenvalue weighted by Gasteiger charge is 2.32. The van der Waals surface area contributed by atoms with Crippen molar-refractivity contribution >= 4 is 44.7 Å². The summed E-state index contributed by atoms with van der Waals surface area (Å²) in [4.78, 5) is 38.1. The van der Waals surface area contributed by atoms with Crippen LogP contribution in [0.2, 0.25) is 0 Å². The Morgan fingerprint density at radius 1 is 0.943 bits per heavy atom. The predicted octanol–water partition coefficient (Wildman–Crippen LogP) is 1.38. The number of hydrogen-bond acceptors (Lipinski definition) is 8. The van der Waals surface area contributed by atoms with Crippen LogP contribution in [-0.2, 0) is 19.6 Å². The second-order valence-corrected chi connectivity index (χ2v) is 10.4. The van der Waals surface area contributed by atoms with E-state index in [4.69, 9.17) is 0 Å². The molecule has 0 atom stereocenters. The minimum atomic E-state index is -3.69. The number of benzene rings is 1. The van der Waals surface area contributed by atoms with Gasteiger partial charge in [0.2, 0.25) is 15.9 Å². The molecule has 2 amide bonds. The molecule has 4 aliphatic rings. The Kier molecular flexibility index (Phi) is 6.39. The minimum absolute atomic E-state index is 0.103. The lowest BCUT2D eigenvalue weighted by molar-refractivity contribution is -0.131. The van der Waals surface area contributed by atoms with Crippen LogP contribution in [0.25, 0.3) is 5.57 Å². The predicted molar refractivity (Wildman–Crippen MR) is 131 cm³/mol. The Morgan fingerprint density at radius 3 is 2.57 bits per heavy atom. The number of amides is 2. The summed E-state index contributed by atoms with van der Waals surface area (Å²) in [5.41, 5.74) is 1.47. The van der Waals surface area contributed by atoms with Crippen molar-refractivity contribution in [2.75, 3.05) is 48.3 Å². The summed E-state index contributed by atoms with van der Waals surface area (Å²) in [6, 6.07) is 6.41. The maximum Gasteiger partial charge on any atom is 0.259 e. The fourth-order valence-corrected chi connectivity index (χ4v) is 5.61. The number of sulfonamides is 1. The van der Waals surface area contributed by atoms with Gasteiger partial charge in [-0.15, -0.1) is 0 Å². The van der Waals surface area contributed by atoms with Crippen molar-refractivity contribution in [3.63, 3.8) is 0 Å². The van der Waals surface area contributed by atoms with Gasteiger partial charge in [0.1, 0.15) is 18.0 Å². The Bertz CT molecular complexity index is 1290. The van der Waals surface area contributed by atoms with Gasteiger partial charge in [-0.25, -0.2) is 23.1 Å². The molecule has 6 rings (SSSR count). The number of rotatable bonds is 0. The summed E-state index contributed by atoms with van der Waals surface area (Å²) in [5, 5.41) is 5.83. The lowest BCUT2D eigenvalue weighted by Crippen LogP contribution is -2.49. The molecule has 1 saturated heterocycles. The van der Waals surface area contributed by atoms with E-state index in [0.29, 0.717) is 80.4 Å². The number of piperazine rings is 1. The van der Waals surface area contributed by atoms with E-state index in [2.05, 4.69) is 30.2 Å². The highest BCUT2D eigenvalue weighted by atomic mass is 32.2. The molecular formula is C23H27N7O4S. The molecule has 4 bridgehead atoms. The fraction of sp³-hybridized carbons (Fsp3) is 0.391. The third kappa shape index (κ3) is 4.84. The van der Waals surface area contributed by atoms with Crippen molar-refractivity contribution < 1.29 is 18.0 Å². The lowest BCUT2D eigenvalue weighted by atomic mass is 10.1. The fourth-order valence-electron chi connectivity index (χ4n) is 4.49. The monoisotopic (exact) mass is 497 g/mol. The van der Waals surface area contributed by atoms with E-state index >= 15 is 0 Å². The third-order valence-corrected chi connectivity index (χ3v) is 7.85. The van der Waals surface area contributed by atoms with Crippen LogP contribution in [0.15, 0.2) is 41.7 Å². The van der Waals surface area contributed by atoms with Gasteiger partial charge in [0.15, 0.2) is 0 Å². The quantitative estimate of drug-likeness (QED) is 0.497. The number of carbonyl (C=O) groups excluding carboxylic acids is 2. The summed E-state index contributed by atoms with van der Waals surface area (Å²) in [5.74, 6) is 0.833. The van der Waals surface area contributed by atoms with Crippen LogP contribution in [0, 0.1) is 0 Å². The number of nitrogens with one attached hydrogen (secondary N) is 3. The zero-order chi connectivity index (χ0) is 24.4. The van der Waals surface area contributed by atoms with Crippen LogP contribution < -0.4 is 20.3 Å².